The van der Waals surface area contributed by atoms with Crippen molar-refractivity contribution in [1.82, 2.24) is 9.88 Å². The Kier molecular flexibility index (Phi) is 5.40. The fraction of sp³-hybridized carbons (Fsp3) is 0.250. The quantitative estimate of drug-likeness (QED) is 0.767. The Bertz CT molecular complexity index is 590. The van der Waals surface area contributed by atoms with E-state index in [4.69, 9.17) is 4.74 Å². The van der Waals surface area contributed by atoms with Crippen molar-refractivity contribution in [2.24, 2.45) is 0 Å². The Hall–Kier alpha value is -2.27. The van der Waals surface area contributed by atoms with E-state index in [0.717, 1.165) is 11.8 Å². The molecular formula is C16H17FN2O2. The number of likely N-dealkylation sites (N-methyl/N-ethyl adjacent to an activating group) is 1. The summed E-state index contributed by atoms with van der Waals surface area (Å²) in [4.78, 5) is 17.1. The number of rotatable bonds is 6. The standard InChI is InChI=1S/C16H17FN2O2/c1-19(16(20)14-7-8-18-11-15(14)17)9-10-21-12-13-5-3-2-4-6-13/h2-8,11H,9-10,12H2,1H3. The zero-order chi connectivity index (χ0) is 15.1. The zero-order valence-corrected chi connectivity index (χ0v) is 11.8. The Balaban J connectivity index is 1.78. The molecule has 0 atom stereocenters. The summed E-state index contributed by atoms with van der Waals surface area (Å²) in [6.45, 7) is 1.28. The summed E-state index contributed by atoms with van der Waals surface area (Å²) in [6.07, 6.45) is 2.43. The number of amides is 1. The normalized spacial score (nSPS) is 10.4. The number of carbonyl (C=O) groups is 1. The van der Waals surface area contributed by atoms with Crippen LogP contribution < -0.4 is 0 Å². The molecule has 4 nitrogen and oxygen atoms in total. The second kappa shape index (κ2) is 7.50. The van der Waals surface area contributed by atoms with Gasteiger partial charge in [0.15, 0.2) is 5.82 Å². The van der Waals surface area contributed by atoms with E-state index < -0.39 is 5.82 Å². The highest BCUT2D eigenvalue weighted by atomic mass is 19.1. The summed E-state index contributed by atoms with van der Waals surface area (Å²) in [5.41, 5.74) is 1.10. The number of halogens is 1. The molecule has 0 unspecified atom stereocenters. The highest BCUT2D eigenvalue weighted by Gasteiger charge is 2.15. The Morgan fingerprint density at radius 3 is 2.76 bits per heavy atom. The minimum Gasteiger partial charge on any atom is -0.375 e. The molecule has 2 rings (SSSR count). The third-order valence-corrected chi connectivity index (χ3v) is 3.03. The molecular weight excluding hydrogens is 271 g/mol. The van der Waals surface area contributed by atoms with Crippen molar-refractivity contribution in [3.8, 4) is 0 Å². The maximum atomic E-state index is 13.5. The van der Waals surface area contributed by atoms with E-state index in [2.05, 4.69) is 4.98 Å². The summed E-state index contributed by atoms with van der Waals surface area (Å²) in [5.74, 6) is -0.988. The predicted molar refractivity (Wildman–Crippen MR) is 77.3 cm³/mol. The van der Waals surface area contributed by atoms with E-state index in [1.165, 1.54) is 17.2 Å². The van der Waals surface area contributed by atoms with Crippen molar-refractivity contribution in [3.05, 3.63) is 65.7 Å². The minimum absolute atomic E-state index is 0.0237. The molecule has 1 aromatic heterocycles. The lowest BCUT2D eigenvalue weighted by molar-refractivity contribution is 0.0666. The number of aromatic nitrogens is 1. The van der Waals surface area contributed by atoms with E-state index in [1.807, 2.05) is 30.3 Å². The van der Waals surface area contributed by atoms with Gasteiger partial charge in [-0.25, -0.2) is 4.39 Å². The van der Waals surface area contributed by atoms with Crippen LogP contribution in [0, 0.1) is 5.82 Å². The molecule has 2 aromatic rings. The van der Waals surface area contributed by atoms with E-state index in [0.29, 0.717) is 19.8 Å². The van der Waals surface area contributed by atoms with Gasteiger partial charge in [-0.05, 0) is 11.6 Å². The van der Waals surface area contributed by atoms with Gasteiger partial charge in [-0.1, -0.05) is 30.3 Å². The number of ether oxygens (including phenoxy) is 1. The van der Waals surface area contributed by atoms with Crippen LogP contribution in [0.5, 0.6) is 0 Å². The van der Waals surface area contributed by atoms with Crippen LogP contribution in [-0.2, 0) is 11.3 Å². The molecule has 0 saturated heterocycles. The van der Waals surface area contributed by atoms with Gasteiger partial charge in [0, 0.05) is 19.8 Å². The van der Waals surface area contributed by atoms with Crippen molar-refractivity contribution < 1.29 is 13.9 Å². The Morgan fingerprint density at radius 1 is 1.29 bits per heavy atom. The summed E-state index contributed by atoms with van der Waals surface area (Å²) < 4.78 is 19.0. The molecule has 1 heterocycles. The van der Waals surface area contributed by atoms with Gasteiger partial charge in [0.1, 0.15) is 0 Å². The molecule has 0 aliphatic heterocycles. The molecule has 0 saturated carbocycles. The lowest BCUT2D eigenvalue weighted by atomic mass is 10.2. The van der Waals surface area contributed by atoms with Gasteiger partial charge in [-0.15, -0.1) is 0 Å². The molecule has 21 heavy (non-hydrogen) atoms. The number of hydrogen-bond donors (Lipinski definition) is 0. The summed E-state index contributed by atoms with van der Waals surface area (Å²) in [7, 11) is 1.62. The van der Waals surface area contributed by atoms with Crippen LogP contribution in [0.15, 0.2) is 48.8 Å². The third-order valence-electron chi connectivity index (χ3n) is 3.03. The maximum Gasteiger partial charge on any atom is 0.256 e. The van der Waals surface area contributed by atoms with Gasteiger partial charge in [-0.2, -0.15) is 0 Å². The Labute approximate surface area is 123 Å². The van der Waals surface area contributed by atoms with E-state index in [9.17, 15) is 9.18 Å². The van der Waals surface area contributed by atoms with Crippen molar-refractivity contribution in [2.75, 3.05) is 20.2 Å². The first-order valence-corrected chi connectivity index (χ1v) is 6.65. The van der Waals surface area contributed by atoms with Crippen molar-refractivity contribution in [3.63, 3.8) is 0 Å². The summed E-state index contributed by atoms with van der Waals surface area (Å²) >= 11 is 0. The number of nitrogens with zero attached hydrogens (tertiary/aromatic N) is 2. The fourth-order valence-corrected chi connectivity index (χ4v) is 1.82. The monoisotopic (exact) mass is 288 g/mol. The number of hydrogen-bond acceptors (Lipinski definition) is 3. The summed E-state index contributed by atoms with van der Waals surface area (Å²) in [5, 5.41) is 0. The molecule has 110 valence electrons. The van der Waals surface area contributed by atoms with Crippen LogP contribution in [0.1, 0.15) is 15.9 Å². The molecule has 0 aliphatic rings. The molecule has 0 spiro atoms. The third kappa shape index (κ3) is 4.36. The summed E-state index contributed by atoms with van der Waals surface area (Å²) in [6, 6.07) is 11.2. The van der Waals surface area contributed by atoms with Crippen LogP contribution in [0.3, 0.4) is 0 Å². The van der Waals surface area contributed by atoms with Crippen molar-refractivity contribution >= 4 is 5.91 Å². The van der Waals surface area contributed by atoms with Gasteiger partial charge in [-0.3, -0.25) is 9.78 Å². The van der Waals surface area contributed by atoms with Gasteiger partial charge in [0.25, 0.3) is 5.91 Å². The lowest BCUT2D eigenvalue weighted by Gasteiger charge is -2.17. The molecule has 0 bridgehead atoms. The average molecular weight is 288 g/mol. The fourth-order valence-electron chi connectivity index (χ4n) is 1.82. The first-order valence-electron chi connectivity index (χ1n) is 6.65. The van der Waals surface area contributed by atoms with Gasteiger partial charge >= 0.3 is 0 Å². The molecule has 1 amide bonds. The molecule has 5 heteroatoms. The maximum absolute atomic E-state index is 13.5. The van der Waals surface area contributed by atoms with Crippen LogP contribution in [0.2, 0.25) is 0 Å². The van der Waals surface area contributed by atoms with Crippen LogP contribution >= 0.6 is 0 Å². The SMILES string of the molecule is CN(CCOCc1ccccc1)C(=O)c1ccncc1F. The first kappa shape index (κ1) is 15.1. The average Bonchev–Trinajstić information content (AvgIpc) is 2.52. The number of carbonyl (C=O) groups excluding carboxylic acids is 1. The minimum atomic E-state index is -0.612. The van der Waals surface area contributed by atoms with Crippen molar-refractivity contribution in [1.29, 1.82) is 0 Å². The predicted octanol–water partition coefficient (Wildman–Crippen LogP) is 2.51. The smallest absolute Gasteiger partial charge is 0.256 e. The van der Waals surface area contributed by atoms with E-state index >= 15 is 0 Å². The number of benzene rings is 1. The highest BCUT2D eigenvalue weighted by molar-refractivity contribution is 5.94. The largest absolute Gasteiger partial charge is 0.375 e. The second-order valence-electron chi connectivity index (χ2n) is 4.62. The molecule has 0 aliphatic carbocycles. The van der Waals surface area contributed by atoms with Crippen LogP contribution in [-0.4, -0.2) is 36.0 Å². The second-order valence-corrected chi connectivity index (χ2v) is 4.62. The lowest BCUT2D eigenvalue weighted by Crippen LogP contribution is -2.30. The Morgan fingerprint density at radius 2 is 2.05 bits per heavy atom. The number of pyridine rings is 1. The van der Waals surface area contributed by atoms with E-state index in [1.54, 1.807) is 7.05 Å². The molecule has 0 fully saturated rings. The zero-order valence-electron chi connectivity index (χ0n) is 11.8. The molecule has 0 N–H and O–H groups in total. The van der Waals surface area contributed by atoms with Gasteiger partial charge in [0.2, 0.25) is 0 Å². The van der Waals surface area contributed by atoms with Gasteiger partial charge in [0.05, 0.1) is 25.0 Å². The van der Waals surface area contributed by atoms with Gasteiger partial charge < -0.3 is 9.64 Å². The van der Waals surface area contributed by atoms with Crippen LogP contribution in [0.4, 0.5) is 4.39 Å². The topological polar surface area (TPSA) is 42.4 Å². The van der Waals surface area contributed by atoms with Crippen LogP contribution in [0.25, 0.3) is 0 Å². The highest BCUT2D eigenvalue weighted by Crippen LogP contribution is 2.07. The molecule has 0 radical (unpaired) electrons. The van der Waals surface area contributed by atoms with Crippen molar-refractivity contribution in [2.45, 2.75) is 6.61 Å². The molecule has 1 aromatic carbocycles. The first-order chi connectivity index (χ1) is 10.2. The van der Waals surface area contributed by atoms with E-state index in [-0.39, 0.29) is 11.5 Å².